The monoisotopic (exact) mass is 310 g/mol. The van der Waals surface area contributed by atoms with Gasteiger partial charge in [-0.15, -0.1) is 0 Å². The van der Waals surface area contributed by atoms with Gasteiger partial charge in [0.1, 0.15) is 0 Å². The lowest BCUT2D eigenvalue weighted by Gasteiger charge is -2.20. The van der Waals surface area contributed by atoms with E-state index in [1.807, 2.05) is 31.3 Å². The van der Waals surface area contributed by atoms with Crippen LogP contribution in [-0.4, -0.2) is 32.9 Å². The van der Waals surface area contributed by atoms with Gasteiger partial charge in [0.25, 0.3) is 0 Å². The third-order valence-electron chi connectivity index (χ3n) is 4.09. The molecule has 0 spiro atoms. The molecule has 1 atom stereocenters. The van der Waals surface area contributed by atoms with Gasteiger partial charge in [0.05, 0.1) is 5.75 Å². The quantitative estimate of drug-likeness (QED) is 0.908. The summed E-state index contributed by atoms with van der Waals surface area (Å²) in [5.74, 6) is 0.739. The summed E-state index contributed by atoms with van der Waals surface area (Å²) in [6, 6.07) is 7.83. The van der Waals surface area contributed by atoms with E-state index in [4.69, 9.17) is 0 Å². The predicted molar refractivity (Wildman–Crippen MR) is 86.4 cm³/mol. The van der Waals surface area contributed by atoms with Gasteiger partial charge in [-0.05, 0) is 43.4 Å². The first-order chi connectivity index (χ1) is 10.0. The van der Waals surface area contributed by atoms with Gasteiger partial charge in [-0.25, -0.2) is 12.7 Å². The molecule has 1 aromatic rings. The first kappa shape index (κ1) is 16.5. The maximum atomic E-state index is 12.6. The predicted octanol–water partition coefficient (Wildman–Crippen LogP) is 2.36. The summed E-state index contributed by atoms with van der Waals surface area (Å²) in [6.45, 7) is 4.30. The summed E-state index contributed by atoms with van der Waals surface area (Å²) in [5, 5.41) is 3.09. The molecule has 5 heteroatoms. The molecule has 0 amide bonds. The summed E-state index contributed by atoms with van der Waals surface area (Å²) in [5.41, 5.74) is 2.00. The second-order valence-electron chi connectivity index (χ2n) is 6.04. The Kier molecular flexibility index (Phi) is 5.79. The fourth-order valence-electron chi connectivity index (χ4n) is 2.85. The first-order valence-electron chi connectivity index (χ1n) is 7.71. The van der Waals surface area contributed by atoms with Crippen LogP contribution in [0.2, 0.25) is 0 Å². The van der Waals surface area contributed by atoms with Crippen molar-refractivity contribution in [2.45, 2.75) is 38.5 Å². The highest BCUT2D eigenvalue weighted by atomic mass is 32.2. The van der Waals surface area contributed by atoms with E-state index in [9.17, 15) is 8.42 Å². The molecule has 1 aromatic carbocycles. The van der Waals surface area contributed by atoms with Crippen LogP contribution >= 0.6 is 0 Å². The molecule has 21 heavy (non-hydrogen) atoms. The first-order valence-corrected chi connectivity index (χ1v) is 9.32. The zero-order valence-electron chi connectivity index (χ0n) is 13.0. The summed E-state index contributed by atoms with van der Waals surface area (Å²) >= 11 is 0. The number of nitrogens with zero attached hydrogens (tertiary/aromatic N) is 1. The molecule has 0 saturated carbocycles. The number of rotatable bonds is 5. The average molecular weight is 310 g/mol. The van der Waals surface area contributed by atoms with Gasteiger partial charge >= 0.3 is 0 Å². The van der Waals surface area contributed by atoms with E-state index < -0.39 is 10.0 Å². The topological polar surface area (TPSA) is 49.4 Å². The van der Waals surface area contributed by atoms with E-state index in [1.54, 1.807) is 4.31 Å². The molecule has 0 aliphatic carbocycles. The molecule has 118 valence electrons. The molecule has 1 aliphatic rings. The molecule has 1 heterocycles. The molecule has 1 fully saturated rings. The van der Waals surface area contributed by atoms with Crippen LogP contribution in [0.15, 0.2) is 24.3 Å². The Bertz CT molecular complexity index is 557. The van der Waals surface area contributed by atoms with E-state index >= 15 is 0 Å². The number of sulfonamides is 1. The van der Waals surface area contributed by atoms with E-state index in [2.05, 4.69) is 12.2 Å². The largest absolute Gasteiger partial charge is 0.316 e. The lowest BCUT2D eigenvalue weighted by Crippen LogP contribution is -2.33. The summed E-state index contributed by atoms with van der Waals surface area (Å²) in [6.07, 6.45) is 3.07. The van der Waals surface area contributed by atoms with Crippen molar-refractivity contribution < 1.29 is 8.42 Å². The lowest BCUT2D eigenvalue weighted by molar-refractivity contribution is 0.416. The standard InChI is InChI=1S/C16H26N2O2S/c1-14-5-4-9-18(10-8-14)21(19,20)13-16-7-3-6-15(11-16)12-17-2/h3,6-7,11,14,17H,4-5,8-10,12-13H2,1-2H3. The minimum atomic E-state index is -3.20. The molecular weight excluding hydrogens is 284 g/mol. The van der Waals surface area contributed by atoms with Gasteiger partial charge in [-0.2, -0.15) is 0 Å². The molecule has 4 nitrogen and oxygen atoms in total. The normalized spacial score (nSPS) is 21.1. The molecule has 1 unspecified atom stereocenters. The zero-order chi connectivity index (χ0) is 15.3. The van der Waals surface area contributed by atoms with Crippen molar-refractivity contribution >= 4 is 10.0 Å². The van der Waals surface area contributed by atoms with Gasteiger partial charge in [-0.3, -0.25) is 0 Å². The highest BCUT2D eigenvalue weighted by Gasteiger charge is 2.25. The van der Waals surface area contributed by atoms with Crippen molar-refractivity contribution in [1.29, 1.82) is 0 Å². The van der Waals surface area contributed by atoms with Crippen LogP contribution < -0.4 is 5.32 Å². The molecule has 0 radical (unpaired) electrons. The maximum Gasteiger partial charge on any atom is 0.218 e. The minimum Gasteiger partial charge on any atom is -0.316 e. The fourth-order valence-corrected chi connectivity index (χ4v) is 4.42. The second-order valence-corrected chi connectivity index (χ2v) is 8.01. The van der Waals surface area contributed by atoms with Crippen LogP contribution in [0.4, 0.5) is 0 Å². The Morgan fingerprint density at radius 1 is 1.24 bits per heavy atom. The van der Waals surface area contributed by atoms with E-state index in [0.29, 0.717) is 19.0 Å². The Morgan fingerprint density at radius 3 is 2.76 bits per heavy atom. The van der Waals surface area contributed by atoms with Gasteiger partial charge in [0, 0.05) is 19.6 Å². The SMILES string of the molecule is CNCc1cccc(CS(=O)(=O)N2CCCC(C)CC2)c1. The van der Waals surface area contributed by atoms with Gasteiger partial charge in [-0.1, -0.05) is 31.2 Å². The molecule has 0 bridgehead atoms. The van der Waals surface area contributed by atoms with Gasteiger partial charge in [0.2, 0.25) is 10.0 Å². The van der Waals surface area contributed by atoms with E-state index in [-0.39, 0.29) is 5.75 Å². The maximum absolute atomic E-state index is 12.6. The van der Waals surface area contributed by atoms with Crippen molar-refractivity contribution in [3.8, 4) is 0 Å². The zero-order valence-corrected chi connectivity index (χ0v) is 13.8. The Morgan fingerprint density at radius 2 is 2.00 bits per heavy atom. The van der Waals surface area contributed by atoms with Crippen LogP contribution in [0, 0.1) is 5.92 Å². The van der Waals surface area contributed by atoms with E-state index in [1.165, 1.54) is 0 Å². The number of hydrogen-bond acceptors (Lipinski definition) is 3. The smallest absolute Gasteiger partial charge is 0.218 e. The van der Waals surface area contributed by atoms with Crippen LogP contribution in [0.5, 0.6) is 0 Å². The molecule has 1 N–H and O–H groups in total. The minimum absolute atomic E-state index is 0.110. The van der Waals surface area contributed by atoms with Crippen LogP contribution in [-0.2, 0) is 22.3 Å². The molecule has 1 aliphatic heterocycles. The fraction of sp³-hybridized carbons (Fsp3) is 0.625. The number of hydrogen-bond donors (Lipinski definition) is 1. The second kappa shape index (κ2) is 7.38. The Balaban J connectivity index is 2.07. The summed E-state index contributed by atoms with van der Waals surface area (Å²) in [7, 11) is -1.31. The van der Waals surface area contributed by atoms with Crippen LogP contribution in [0.3, 0.4) is 0 Å². The van der Waals surface area contributed by atoms with Crippen LogP contribution in [0.1, 0.15) is 37.3 Å². The molecule has 0 aromatic heterocycles. The van der Waals surface area contributed by atoms with Crippen molar-refractivity contribution in [1.82, 2.24) is 9.62 Å². The molecule has 1 saturated heterocycles. The van der Waals surface area contributed by atoms with Crippen molar-refractivity contribution in [2.24, 2.45) is 5.92 Å². The average Bonchev–Trinajstić information content (AvgIpc) is 2.64. The number of benzene rings is 1. The van der Waals surface area contributed by atoms with Crippen molar-refractivity contribution in [3.63, 3.8) is 0 Å². The summed E-state index contributed by atoms with van der Waals surface area (Å²) < 4.78 is 26.9. The third-order valence-corrected chi connectivity index (χ3v) is 5.94. The molecular formula is C16H26N2O2S. The Labute approximate surface area is 128 Å². The third kappa shape index (κ3) is 4.80. The van der Waals surface area contributed by atoms with Gasteiger partial charge in [0.15, 0.2) is 0 Å². The van der Waals surface area contributed by atoms with Crippen molar-refractivity contribution in [2.75, 3.05) is 20.1 Å². The summed E-state index contributed by atoms with van der Waals surface area (Å²) in [4.78, 5) is 0. The highest BCUT2D eigenvalue weighted by Crippen LogP contribution is 2.21. The number of nitrogens with one attached hydrogen (secondary N) is 1. The highest BCUT2D eigenvalue weighted by molar-refractivity contribution is 7.88. The van der Waals surface area contributed by atoms with Gasteiger partial charge < -0.3 is 5.32 Å². The van der Waals surface area contributed by atoms with E-state index in [0.717, 1.165) is 36.9 Å². The van der Waals surface area contributed by atoms with Crippen molar-refractivity contribution in [3.05, 3.63) is 35.4 Å². The Hall–Kier alpha value is -0.910. The molecule has 2 rings (SSSR count). The lowest BCUT2D eigenvalue weighted by atomic mass is 10.0. The van der Waals surface area contributed by atoms with Crippen LogP contribution in [0.25, 0.3) is 0 Å².